The van der Waals surface area contributed by atoms with Gasteiger partial charge in [0.25, 0.3) is 0 Å². The van der Waals surface area contributed by atoms with Gasteiger partial charge in [-0.25, -0.2) is 17.6 Å². The van der Waals surface area contributed by atoms with Crippen LogP contribution in [0, 0.1) is 5.82 Å². The van der Waals surface area contributed by atoms with Gasteiger partial charge in [0.05, 0.1) is 18.1 Å². The Morgan fingerprint density at radius 2 is 1.87 bits per heavy atom. The molecule has 1 fully saturated rings. The molecule has 0 aromatic heterocycles. The topological polar surface area (TPSA) is 104 Å². The molecule has 9 heteroatoms. The van der Waals surface area contributed by atoms with Crippen molar-refractivity contribution in [2.45, 2.75) is 19.0 Å². The maximum absolute atomic E-state index is 12.7. The van der Waals surface area contributed by atoms with Gasteiger partial charge in [-0.15, -0.1) is 0 Å². The predicted octanol–water partition coefficient (Wildman–Crippen LogP) is -0.0718. The Kier molecular flexibility index (Phi) is 5.54. The van der Waals surface area contributed by atoms with E-state index in [0.29, 0.717) is 6.42 Å². The summed E-state index contributed by atoms with van der Waals surface area (Å²) in [4.78, 5) is 23.2. The van der Waals surface area contributed by atoms with Crippen molar-refractivity contribution in [3.8, 4) is 0 Å². The summed E-state index contributed by atoms with van der Waals surface area (Å²) in [7, 11) is -3.06. The first-order chi connectivity index (χ1) is 10.8. The van der Waals surface area contributed by atoms with Crippen LogP contribution < -0.4 is 16.0 Å². The van der Waals surface area contributed by atoms with Gasteiger partial charge in [0.2, 0.25) is 5.91 Å². The number of urea groups is 1. The second kappa shape index (κ2) is 7.40. The van der Waals surface area contributed by atoms with Gasteiger partial charge >= 0.3 is 6.03 Å². The summed E-state index contributed by atoms with van der Waals surface area (Å²) >= 11 is 0. The minimum absolute atomic E-state index is 0.0600. The number of hydrogen-bond acceptors (Lipinski definition) is 4. The second-order valence-electron chi connectivity index (χ2n) is 5.33. The molecule has 1 atom stereocenters. The smallest absolute Gasteiger partial charge is 0.315 e. The molecule has 0 saturated carbocycles. The lowest BCUT2D eigenvalue weighted by Gasteiger charge is -2.12. The van der Waals surface area contributed by atoms with Gasteiger partial charge in [0.15, 0.2) is 9.84 Å². The van der Waals surface area contributed by atoms with Crippen molar-refractivity contribution in [3.05, 3.63) is 35.6 Å². The fourth-order valence-corrected chi connectivity index (χ4v) is 3.87. The van der Waals surface area contributed by atoms with Gasteiger partial charge in [-0.2, -0.15) is 0 Å². The Bertz CT molecular complexity index is 676. The molecule has 1 aliphatic rings. The minimum Gasteiger partial charge on any atom is -0.351 e. The highest BCUT2D eigenvalue weighted by molar-refractivity contribution is 7.91. The highest BCUT2D eigenvalue weighted by Crippen LogP contribution is 2.10. The zero-order valence-electron chi connectivity index (χ0n) is 12.3. The Morgan fingerprint density at radius 1 is 1.17 bits per heavy atom. The van der Waals surface area contributed by atoms with Crippen molar-refractivity contribution in [2.75, 3.05) is 18.1 Å². The molecule has 0 unspecified atom stereocenters. The summed E-state index contributed by atoms with van der Waals surface area (Å²) in [6.07, 6.45) is 0.394. The number of carbonyl (C=O) groups excluding carboxylic acids is 2. The van der Waals surface area contributed by atoms with Gasteiger partial charge in [-0.05, 0) is 24.1 Å². The lowest BCUT2D eigenvalue weighted by Crippen LogP contribution is -2.45. The van der Waals surface area contributed by atoms with Gasteiger partial charge < -0.3 is 16.0 Å². The standard InChI is InChI=1S/C14H18FN3O4S/c15-11-3-1-10(2-4-11)7-16-14(20)17-8-13(19)18-12-5-6-23(21,22)9-12/h1-4,12H,5-9H2,(H,18,19)(H2,16,17,20)/t12-/m0/s1. The molecule has 1 aliphatic heterocycles. The van der Waals surface area contributed by atoms with Gasteiger partial charge in [0.1, 0.15) is 5.82 Å². The van der Waals surface area contributed by atoms with Crippen LogP contribution in [0.15, 0.2) is 24.3 Å². The number of benzene rings is 1. The molecular formula is C14H18FN3O4S. The lowest BCUT2D eigenvalue weighted by molar-refractivity contribution is -0.120. The van der Waals surface area contributed by atoms with Crippen molar-refractivity contribution in [1.82, 2.24) is 16.0 Å². The van der Waals surface area contributed by atoms with Gasteiger partial charge in [-0.1, -0.05) is 12.1 Å². The van der Waals surface area contributed by atoms with E-state index in [0.717, 1.165) is 5.56 Å². The van der Waals surface area contributed by atoms with E-state index in [1.165, 1.54) is 12.1 Å². The number of rotatable bonds is 5. The molecule has 3 N–H and O–H groups in total. The molecule has 0 bridgehead atoms. The predicted molar refractivity (Wildman–Crippen MR) is 81.8 cm³/mol. The zero-order valence-corrected chi connectivity index (χ0v) is 13.2. The van der Waals surface area contributed by atoms with E-state index >= 15 is 0 Å². The largest absolute Gasteiger partial charge is 0.351 e. The normalized spacial score (nSPS) is 19.1. The number of carbonyl (C=O) groups is 2. The van der Waals surface area contributed by atoms with Crippen molar-refractivity contribution < 1.29 is 22.4 Å². The van der Waals surface area contributed by atoms with Crippen LogP contribution in [0.5, 0.6) is 0 Å². The molecule has 1 saturated heterocycles. The summed E-state index contributed by atoms with van der Waals surface area (Å²) in [5.41, 5.74) is 0.724. The van der Waals surface area contributed by atoms with Crippen LogP contribution >= 0.6 is 0 Å². The third kappa shape index (κ3) is 5.85. The third-order valence-electron chi connectivity index (χ3n) is 3.37. The number of sulfone groups is 1. The average Bonchev–Trinajstić information content (AvgIpc) is 2.83. The SMILES string of the molecule is O=C(CNC(=O)NCc1ccc(F)cc1)N[C@H]1CCS(=O)(=O)C1. The van der Waals surface area contributed by atoms with E-state index in [9.17, 15) is 22.4 Å². The fourth-order valence-electron chi connectivity index (χ4n) is 2.20. The molecule has 126 valence electrons. The average molecular weight is 343 g/mol. The fraction of sp³-hybridized carbons (Fsp3) is 0.429. The van der Waals surface area contributed by atoms with E-state index in [1.54, 1.807) is 12.1 Å². The number of amides is 3. The maximum atomic E-state index is 12.7. The Labute approximate surface area is 133 Å². The van der Waals surface area contributed by atoms with Crippen molar-refractivity contribution in [2.24, 2.45) is 0 Å². The molecule has 0 spiro atoms. The van der Waals surface area contributed by atoms with Crippen LogP contribution in [0.1, 0.15) is 12.0 Å². The van der Waals surface area contributed by atoms with Crippen LogP contribution in [0.25, 0.3) is 0 Å². The van der Waals surface area contributed by atoms with Crippen LogP contribution in [-0.2, 0) is 21.2 Å². The number of halogens is 1. The van der Waals surface area contributed by atoms with E-state index in [-0.39, 0.29) is 30.4 Å². The Balaban J connectivity index is 1.66. The van der Waals surface area contributed by atoms with Crippen molar-refractivity contribution >= 4 is 21.8 Å². The number of hydrogen-bond donors (Lipinski definition) is 3. The van der Waals surface area contributed by atoms with Gasteiger partial charge in [0, 0.05) is 12.6 Å². The highest BCUT2D eigenvalue weighted by atomic mass is 32.2. The van der Waals surface area contributed by atoms with Crippen LogP contribution in [-0.4, -0.2) is 44.4 Å². The summed E-state index contributed by atoms with van der Waals surface area (Å²) in [6.45, 7) is -0.0413. The van der Waals surface area contributed by atoms with Gasteiger partial charge in [-0.3, -0.25) is 4.79 Å². The van der Waals surface area contributed by atoms with Crippen LogP contribution in [0.2, 0.25) is 0 Å². The lowest BCUT2D eigenvalue weighted by atomic mass is 10.2. The van der Waals surface area contributed by atoms with E-state index in [4.69, 9.17) is 0 Å². The Morgan fingerprint density at radius 3 is 2.48 bits per heavy atom. The minimum atomic E-state index is -3.06. The molecule has 0 aliphatic carbocycles. The highest BCUT2D eigenvalue weighted by Gasteiger charge is 2.28. The maximum Gasteiger partial charge on any atom is 0.315 e. The first kappa shape index (κ1) is 17.2. The monoisotopic (exact) mass is 343 g/mol. The van der Waals surface area contributed by atoms with Crippen LogP contribution in [0.3, 0.4) is 0 Å². The van der Waals surface area contributed by atoms with Crippen molar-refractivity contribution in [3.63, 3.8) is 0 Å². The molecule has 0 radical (unpaired) electrons. The number of nitrogens with one attached hydrogen (secondary N) is 3. The third-order valence-corrected chi connectivity index (χ3v) is 5.14. The quantitative estimate of drug-likeness (QED) is 0.696. The molecule has 1 heterocycles. The first-order valence-electron chi connectivity index (χ1n) is 7.10. The molecule has 1 aromatic rings. The summed E-state index contributed by atoms with van der Waals surface area (Å²) in [5.74, 6) is -0.785. The van der Waals surface area contributed by atoms with E-state index in [1.807, 2.05) is 0 Å². The summed E-state index contributed by atoms with van der Waals surface area (Å²) in [5, 5.41) is 7.47. The second-order valence-corrected chi connectivity index (χ2v) is 7.56. The van der Waals surface area contributed by atoms with Crippen molar-refractivity contribution in [1.29, 1.82) is 0 Å². The zero-order chi connectivity index (χ0) is 16.9. The Hall–Kier alpha value is -2.16. The molecule has 1 aromatic carbocycles. The summed E-state index contributed by atoms with van der Waals surface area (Å²) in [6, 6.07) is 4.74. The molecule has 7 nitrogen and oxygen atoms in total. The summed E-state index contributed by atoms with van der Waals surface area (Å²) < 4.78 is 35.3. The molecular weight excluding hydrogens is 325 g/mol. The van der Waals surface area contributed by atoms with E-state index in [2.05, 4.69) is 16.0 Å². The molecule has 23 heavy (non-hydrogen) atoms. The first-order valence-corrected chi connectivity index (χ1v) is 8.92. The van der Waals surface area contributed by atoms with E-state index < -0.39 is 27.8 Å². The molecule has 3 amide bonds. The van der Waals surface area contributed by atoms with Crippen LogP contribution in [0.4, 0.5) is 9.18 Å². The molecule has 2 rings (SSSR count).